The van der Waals surface area contributed by atoms with E-state index in [0.29, 0.717) is 22.5 Å². The van der Waals surface area contributed by atoms with Crippen molar-refractivity contribution in [1.82, 2.24) is 5.32 Å². The van der Waals surface area contributed by atoms with Crippen LogP contribution in [0, 0.1) is 18.7 Å². The standard InChI is InChI=1S/C14H19ClFN/c1-3-6-17-14(10-4-5-10)11-7-9(2)13(16)8-12(11)15/h7-8,10,14,17H,3-6H2,1-2H3. The molecule has 1 aromatic rings. The smallest absolute Gasteiger partial charge is 0.127 e. The van der Waals surface area contributed by atoms with Gasteiger partial charge in [-0.15, -0.1) is 0 Å². The lowest BCUT2D eigenvalue weighted by molar-refractivity contribution is 0.480. The Balaban J connectivity index is 2.25. The van der Waals surface area contributed by atoms with Crippen molar-refractivity contribution < 1.29 is 4.39 Å². The van der Waals surface area contributed by atoms with Crippen molar-refractivity contribution >= 4 is 11.6 Å². The first kappa shape index (κ1) is 12.8. The molecule has 1 fully saturated rings. The van der Waals surface area contributed by atoms with Crippen molar-refractivity contribution in [3.8, 4) is 0 Å². The Kier molecular flexibility index (Phi) is 4.05. The largest absolute Gasteiger partial charge is 0.310 e. The summed E-state index contributed by atoms with van der Waals surface area (Å²) in [5.74, 6) is 0.452. The topological polar surface area (TPSA) is 12.0 Å². The molecule has 1 aliphatic carbocycles. The van der Waals surface area contributed by atoms with E-state index in [2.05, 4.69) is 12.2 Å². The van der Waals surface area contributed by atoms with Crippen LogP contribution in [0.4, 0.5) is 4.39 Å². The lowest BCUT2D eigenvalue weighted by Gasteiger charge is -2.20. The Hall–Kier alpha value is -0.600. The Morgan fingerprint density at radius 3 is 2.76 bits per heavy atom. The van der Waals surface area contributed by atoms with Crippen LogP contribution < -0.4 is 5.32 Å². The second kappa shape index (κ2) is 5.36. The quantitative estimate of drug-likeness (QED) is 0.830. The minimum atomic E-state index is -0.219. The highest BCUT2D eigenvalue weighted by Gasteiger charge is 2.33. The summed E-state index contributed by atoms with van der Waals surface area (Å²) in [5.41, 5.74) is 1.73. The molecule has 0 spiro atoms. The van der Waals surface area contributed by atoms with E-state index in [1.165, 1.54) is 18.9 Å². The number of nitrogens with one attached hydrogen (secondary N) is 1. The molecule has 0 amide bonds. The molecule has 1 aromatic carbocycles. The molecule has 2 rings (SSSR count). The third kappa shape index (κ3) is 2.99. The molecule has 1 aliphatic rings. The van der Waals surface area contributed by atoms with Crippen molar-refractivity contribution in [1.29, 1.82) is 0 Å². The monoisotopic (exact) mass is 255 g/mol. The van der Waals surface area contributed by atoms with Gasteiger partial charge in [0.15, 0.2) is 0 Å². The van der Waals surface area contributed by atoms with Crippen LogP contribution in [0.15, 0.2) is 12.1 Å². The van der Waals surface area contributed by atoms with Gasteiger partial charge in [0.2, 0.25) is 0 Å². The van der Waals surface area contributed by atoms with Gasteiger partial charge in [-0.3, -0.25) is 0 Å². The summed E-state index contributed by atoms with van der Waals surface area (Å²) in [7, 11) is 0. The van der Waals surface area contributed by atoms with Crippen LogP contribution in [-0.4, -0.2) is 6.54 Å². The number of benzene rings is 1. The highest BCUT2D eigenvalue weighted by atomic mass is 35.5. The van der Waals surface area contributed by atoms with E-state index < -0.39 is 0 Å². The normalized spacial score (nSPS) is 17.2. The summed E-state index contributed by atoms with van der Waals surface area (Å²) in [6.45, 7) is 4.92. The molecule has 1 saturated carbocycles. The number of rotatable bonds is 5. The van der Waals surface area contributed by atoms with Gasteiger partial charge >= 0.3 is 0 Å². The van der Waals surface area contributed by atoms with E-state index in [-0.39, 0.29) is 5.82 Å². The predicted octanol–water partition coefficient (Wildman–Crippen LogP) is 4.24. The molecule has 0 radical (unpaired) electrons. The Labute approximate surface area is 107 Å². The summed E-state index contributed by atoms with van der Waals surface area (Å²) in [6, 6.07) is 3.63. The Morgan fingerprint density at radius 1 is 1.47 bits per heavy atom. The highest BCUT2D eigenvalue weighted by molar-refractivity contribution is 6.31. The molecule has 0 aromatic heterocycles. The van der Waals surface area contributed by atoms with Crippen LogP contribution in [0.3, 0.4) is 0 Å². The average Bonchev–Trinajstić information content (AvgIpc) is 3.10. The minimum Gasteiger partial charge on any atom is -0.310 e. The summed E-state index contributed by atoms with van der Waals surface area (Å²) < 4.78 is 13.4. The lowest BCUT2D eigenvalue weighted by atomic mass is 10.00. The second-order valence-electron chi connectivity index (χ2n) is 4.89. The molecule has 17 heavy (non-hydrogen) atoms. The van der Waals surface area contributed by atoms with Crippen LogP contribution in [-0.2, 0) is 0 Å². The number of hydrogen-bond donors (Lipinski definition) is 1. The molecule has 1 atom stereocenters. The molecule has 3 heteroatoms. The third-order valence-electron chi connectivity index (χ3n) is 3.32. The van der Waals surface area contributed by atoms with Gasteiger partial charge in [-0.05, 0) is 55.8 Å². The second-order valence-corrected chi connectivity index (χ2v) is 5.30. The van der Waals surface area contributed by atoms with Gasteiger partial charge in [-0.25, -0.2) is 4.39 Å². The van der Waals surface area contributed by atoms with Crippen LogP contribution in [0.2, 0.25) is 5.02 Å². The molecular formula is C14H19ClFN. The highest BCUT2D eigenvalue weighted by Crippen LogP contribution is 2.43. The predicted molar refractivity (Wildman–Crippen MR) is 69.9 cm³/mol. The summed E-state index contributed by atoms with van der Waals surface area (Å²) in [4.78, 5) is 0. The van der Waals surface area contributed by atoms with Crippen molar-refractivity contribution in [3.63, 3.8) is 0 Å². The fraction of sp³-hybridized carbons (Fsp3) is 0.571. The molecule has 1 N–H and O–H groups in total. The maximum atomic E-state index is 13.4. The van der Waals surface area contributed by atoms with Crippen LogP contribution in [0.1, 0.15) is 43.4 Å². The van der Waals surface area contributed by atoms with Crippen LogP contribution in [0.25, 0.3) is 0 Å². The SMILES string of the molecule is CCCNC(c1cc(C)c(F)cc1Cl)C1CC1. The summed E-state index contributed by atoms with van der Waals surface area (Å²) in [6.07, 6.45) is 3.59. The van der Waals surface area contributed by atoms with Crippen molar-refractivity contribution in [2.75, 3.05) is 6.54 Å². The van der Waals surface area contributed by atoms with Gasteiger partial charge in [-0.1, -0.05) is 24.6 Å². The van der Waals surface area contributed by atoms with Gasteiger partial charge in [0, 0.05) is 11.1 Å². The number of hydrogen-bond acceptors (Lipinski definition) is 1. The Bertz CT molecular complexity index is 401. The maximum Gasteiger partial charge on any atom is 0.127 e. The van der Waals surface area contributed by atoms with E-state index in [9.17, 15) is 4.39 Å². The van der Waals surface area contributed by atoms with E-state index in [1.54, 1.807) is 6.92 Å². The fourth-order valence-corrected chi connectivity index (χ4v) is 2.45. The fourth-order valence-electron chi connectivity index (χ4n) is 2.18. The molecule has 0 heterocycles. The van der Waals surface area contributed by atoms with E-state index in [4.69, 9.17) is 11.6 Å². The molecular weight excluding hydrogens is 237 g/mol. The maximum absolute atomic E-state index is 13.4. The summed E-state index contributed by atoms with van der Waals surface area (Å²) in [5, 5.41) is 4.08. The van der Waals surface area contributed by atoms with E-state index in [1.807, 2.05) is 6.07 Å². The zero-order valence-electron chi connectivity index (χ0n) is 10.4. The zero-order valence-corrected chi connectivity index (χ0v) is 11.1. The summed E-state index contributed by atoms with van der Waals surface area (Å²) >= 11 is 6.17. The molecule has 0 aliphatic heterocycles. The molecule has 1 nitrogen and oxygen atoms in total. The van der Waals surface area contributed by atoms with Crippen LogP contribution >= 0.6 is 11.6 Å². The average molecular weight is 256 g/mol. The van der Waals surface area contributed by atoms with Gasteiger partial charge in [-0.2, -0.15) is 0 Å². The van der Waals surface area contributed by atoms with Crippen LogP contribution in [0.5, 0.6) is 0 Å². The first-order chi connectivity index (χ1) is 8.13. The van der Waals surface area contributed by atoms with Gasteiger partial charge in [0.25, 0.3) is 0 Å². The Morgan fingerprint density at radius 2 is 2.18 bits per heavy atom. The molecule has 1 unspecified atom stereocenters. The zero-order chi connectivity index (χ0) is 12.4. The first-order valence-corrected chi connectivity index (χ1v) is 6.70. The van der Waals surface area contributed by atoms with Crippen molar-refractivity contribution in [2.24, 2.45) is 5.92 Å². The molecule has 0 bridgehead atoms. The van der Waals surface area contributed by atoms with Gasteiger partial charge in [0.05, 0.1) is 0 Å². The van der Waals surface area contributed by atoms with E-state index >= 15 is 0 Å². The molecule has 94 valence electrons. The van der Waals surface area contributed by atoms with Crippen molar-refractivity contribution in [3.05, 3.63) is 34.1 Å². The van der Waals surface area contributed by atoms with Crippen molar-refractivity contribution in [2.45, 2.75) is 39.2 Å². The van der Waals surface area contributed by atoms with Gasteiger partial charge in [0.1, 0.15) is 5.82 Å². The number of aryl methyl sites for hydroxylation is 1. The first-order valence-electron chi connectivity index (χ1n) is 6.32. The molecule has 0 saturated heterocycles. The lowest BCUT2D eigenvalue weighted by Crippen LogP contribution is -2.24. The van der Waals surface area contributed by atoms with Gasteiger partial charge < -0.3 is 5.32 Å². The van der Waals surface area contributed by atoms with E-state index in [0.717, 1.165) is 18.5 Å². The third-order valence-corrected chi connectivity index (χ3v) is 3.65. The minimum absolute atomic E-state index is 0.219. The number of halogens is 2.